The first kappa shape index (κ1) is 12.5. The molecule has 1 saturated carbocycles. The SMILES string of the molecule is CCC1CCC(C(CN)CC(=O)O)CC1. The lowest BCUT2D eigenvalue weighted by Crippen LogP contribution is -2.29. The van der Waals surface area contributed by atoms with Crippen molar-refractivity contribution in [3.63, 3.8) is 0 Å². The van der Waals surface area contributed by atoms with Crippen LogP contribution in [0.1, 0.15) is 45.4 Å². The summed E-state index contributed by atoms with van der Waals surface area (Å²) < 4.78 is 0. The van der Waals surface area contributed by atoms with Crippen molar-refractivity contribution < 1.29 is 9.90 Å². The largest absolute Gasteiger partial charge is 0.481 e. The molecule has 3 N–H and O–H groups in total. The molecule has 0 aromatic carbocycles. The molecule has 0 bridgehead atoms. The molecule has 0 aromatic rings. The van der Waals surface area contributed by atoms with Gasteiger partial charge in [-0.15, -0.1) is 0 Å². The zero-order valence-electron chi connectivity index (χ0n) is 9.61. The van der Waals surface area contributed by atoms with Gasteiger partial charge >= 0.3 is 5.97 Å². The van der Waals surface area contributed by atoms with Gasteiger partial charge in [0.2, 0.25) is 0 Å². The Hall–Kier alpha value is -0.570. The maximum absolute atomic E-state index is 10.7. The summed E-state index contributed by atoms with van der Waals surface area (Å²) in [5.74, 6) is 0.904. The molecular weight excluding hydrogens is 190 g/mol. The molecule has 1 aliphatic carbocycles. The minimum atomic E-state index is -0.705. The van der Waals surface area contributed by atoms with Crippen LogP contribution >= 0.6 is 0 Å². The van der Waals surface area contributed by atoms with Crippen molar-refractivity contribution in [1.82, 2.24) is 0 Å². The molecule has 0 amide bonds. The van der Waals surface area contributed by atoms with Gasteiger partial charge in [0.1, 0.15) is 0 Å². The average molecular weight is 213 g/mol. The second-order valence-electron chi connectivity index (χ2n) is 4.78. The lowest BCUT2D eigenvalue weighted by molar-refractivity contribution is -0.138. The van der Waals surface area contributed by atoms with E-state index in [4.69, 9.17) is 10.8 Å². The fraction of sp³-hybridized carbons (Fsp3) is 0.917. The summed E-state index contributed by atoms with van der Waals surface area (Å²) in [5, 5.41) is 8.79. The van der Waals surface area contributed by atoms with Crippen LogP contribution in [0.4, 0.5) is 0 Å². The van der Waals surface area contributed by atoms with Gasteiger partial charge in [0.25, 0.3) is 0 Å². The van der Waals surface area contributed by atoms with Crippen LogP contribution in [0, 0.1) is 17.8 Å². The van der Waals surface area contributed by atoms with Gasteiger partial charge in [0.15, 0.2) is 0 Å². The zero-order valence-corrected chi connectivity index (χ0v) is 9.61. The highest BCUT2D eigenvalue weighted by Gasteiger charge is 2.27. The molecule has 0 aromatic heterocycles. The van der Waals surface area contributed by atoms with E-state index < -0.39 is 5.97 Å². The Morgan fingerprint density at radius 1 is 1.40 bits per heavy atom. The number of aliphatic carboxylic acids is 1. The van der Waals surface area contributed by atoms with Gasteiger partial charge in [-0.3, -0.25) is 4.79 Å². The van der Waals surface area contributed by atoms with Crippen molar-refractivity contribution in [3.05, 3.63) is 0 Å². The second kappa shape index (κ2) is 6.11. The van der Waals surface area contributed by atoms with Crippen LogP contribution in [-0.4, -0.2) is 17.6 Å². The van der Waals surface area contributed by atoms with Gasteiger partial charge in [-0.05, 0) is 37.1 Å². The first-order valence-electron chi connectivity index (χ1n) is 6.09. The number of nitrogens with two attached hydrogens (primary N) is 1. The molecule has 0 heterocycles. The molecule has 1 fully saturated rings. The maximum atomic E-state index is 10.7. The first-order chi connectivity index (χ1) is 7.17. The fourth-order valence-corrected chi connectivity index (χ4v) is 2.73. The Bertz CT molecular complexity index is 198. The Morgan fingerprint density at radius 3 is 2.40 bits per heavy atom. The summed E-state index contributed by atoms with van der Waals surface area (Å²) in [6.07, 6.45) is 6.38. The van der Waals surface area contributed by atoms with Crippen LogP contribution in [0.3, 0.4) is 0 Å². The first-order valence-corrected chi connectivity index (χ1v) is 6.09. The molecule has 15 heavy (non-hydrogen) atoms. The van der Waals surface area contributed by atoms with E-state index in [0.717, 1.165) is 5.92 Å². The Kier molecular flexibility index (Phi) is 5.09. The summed E-state index contributed by atoms with van der Waals surface area (Å²) in [7, 11) is 0. The van der Waals surface area contributed by atoms with E-state index in [1.807, 2.05) is 0 Å². The molecule has 3 heteroatoms. The predicted molar refractivity (Wildman–Crippen MR) is 60.5 cm³/mol. The van der Waals surface area contributed by atoms with E-state index in [9.17, 15) is 4.79 Å². The van der Waals surface area contributed by atoms with Crippen molar-refractivity contribution >= 4 is 5.97 Å². The smallest absolute Gasteiger partial charge is 0.303 e. The van der Waals surface area contributed by atoms with Crippen molar-refractivity contribution in [3.8, 4) is 0 Å². The molecule has 0 radical (unpaired) electrons. The predicted octanol–water partition coefficient (Wildman–Crippen LogP) is 2.25. The lowest BCUT2D eigenvalue weighted by Gasteiger charge is -2.32. The molecule has 1 unspecified atom stereocenters. The van der Waals surface area contributed by atoms with Gasteiger partial charge in [0, 0.05) is 6.42 Å². The van der Waals surface area contributed by atoms with E-state index in [0.29, 0.717) is 12.5 Å². The Balaban J connectivity index is 2.39. The monoisotopic (exact) mass is 213 g/mol. The molecule has 1 aliphatic rings. The van der Waals surface area contributed by atoms with Crippen LogP contribution in [0.5, 0.6) is 0 Å². The molecule has 1 atom stereocenters. The lowest BCUT2D eigenvalue weighted by atomic mass is 9.74. The third kappa shape index (κ3) is 3.82. The van der Waals surface area contributed by atoms with Gasteiger partial charge in [-0.1, -0.05) is 26.2 Å². The molecule has 0 spiro atoms. The highest BCUT2D eigenvalue weighted by molar-refractivity contribution is 5.67. The van der Waals surface area contributed by atoms with Crippen molar-refractivity contribution in [2.24, 2.45) is 23.5 Å². The number of rotatable bonds is 5. The van der Waals surface area contributed by atoms with E-state index in [2.05, 4.69) is 6.92 Å². The van der Waals surface area contributed by atoms with Gasteiger partial charge < -0.3 is 10.8 Å². The standard InChI is InChI=1S/C12H23NO2/c1-2-9-3-5-10(6-4-9)11(8-13)7-12(14)15/h9-11H,2-8,13H2,1H3,(H,14,15). The van der Waals surface area contributed by atoms with E-state index >= 15 is 0 Å². The van der Waals surface area contributed by atoms with Gasteiger partial charge in [-0.25, -0.2) is 0 Å². The van der Waals surface area contributed by atoms with Crippen LogP contribution < -0.4 is 5.73 Å². The topological polar surface area (TPSA) is 63.3 Å². The molecule has 3 nitrogen and oxygen atoms in total. The van der Waals surface area contributed by atoms with Crippen molar-refractivity contribution in [2.45, 2.75) is 45.4 Å². The maximum Gasteiger partial charge on any atom is 0.303 e. The van der Waals surface area contributed by atoms with Crippen LogP contribution in [0.2, 0.25) is 0 Å². The van der Waals surface area contributed by atoms with Crippen LogP contribution in [0.25, 0.3) is 0 Å². The number of carboxylic acids is 1. The number of hydrogen-bond donors (Lipinski definition) is 2. The molecular formula is C12H23NO2. The fourth-order valence-electron chi connectivity index (χ4n) is 2.73. The Labute approximate surface area is 92.0 Å². The minimum absolute atomic E-state index is 0.195. The summed E-state index contributed by atoms with van der Waals surface area (Å²) >= 11 is 0. The highest BCUT2D eigenvalue weighted by Crippen LogP contribution is 2.35. The van der Waals surface area contributed by atoms with Crippen molar-refractivity contribution in [1.29, 1.82) is 0 Å². The molecule has 88 valence electrons. The van der Waals surface area contributed by atoms with E-state index in [1.165, 1.54) is 32.1 Å². The quantitative estimate of drug-likeness (QED) is 0.736. The van der Waals surface area contributed by atoms with Gasteiger partial charge in [-0.2, -0.15) is 0 Å². The summed E-state index contributed by atoms with van der Waals surface area (Å²) in [5.41, 5.74) is 5.66. The van der Waals surface area contributed by atoms with Crippen LogP contribution in [-0.2, 0) is 4.79 Å². The Morgan fingerprint density at radius 2 is 2.00 bits per heavy atom. The third-order valence-electron chi connectivity index (χ3n) is 3.87. The number of carbonyl (C=O) groups is 1. The van der Waals surface area contributed by atoms with E-state index in [1.54, 1.807) is 0 Å². The van der Waals surface area contributed by atoms with E-state index in [-0.39, 0.29) is 12.3 Å². The normalized spacial score (nSPS) is 28.7. The molecule has 0 saturated heterocycles. The second-order valence-corrected chi connectivity index (χ2v) is 4.78. The molecule has 1 rings (SSSR count). The third-order valence-corrected chi connectivity index (χ3v) is 3.87. The van der Waals surface area contributed by atoms with Gasteiger partial charge in [0.05, 0.1) is 0 Å². The van der Waals surface area contributed by atoms with Crippen molar-refractivity contribution in [2.75, 3.05) is 6.54 Å². The number of hydrogen-bond acceptors (Lipinski definition) is 2. The molecule has 0 aliphatic heterocycles. The van der Waals surface area contributed by atoms with Crippen LogP contribution in [0.15, 0.2) is 0 Å². The summed E-state index contributed by atoms with van der Waals surface area (Å²) in [4.78, 5) is 10.7. The highest BCUT2D eigenvalue weighted by atomic mass is 16.4. The average Bonchev–Trinajstić information content (AvgIpc) is 2.26. The zero-order chi connectivity index (χ0) is 11.3. The number of carboxylic acid groups (broad SMARTS) is 1. The summed E-state index contributed by atoms with van der Waals surface area (Å²) in [6, 6.07) is 0. The minimum Gasteiger partial charge on any atom is -0.481 e. The summed E-state index contributed by atoms with van der Waals surface area (Å²) in [6.45, 7) is 2.76.